The molecular weight excluding hydrogens is 364 g/mol. The highest BCUT2D eigenvalue weighted by atomic mass is 16.2. The van der Waals surface area contributed by atoms with Crippen LogP contribution in [0.4, 0.5) is 0 Å². The normalized spacial score (nSPS) is 10.9. The molecular formula is C24H26N2O3. The van der Waals surface area contributed by atoms with Gasteiger partial charge in [0.1, 0.15) is 5.69 Å². The second kappa shape index (κ2) is 8.03. The number of carbonyl (C=O) groups excluding carboxylic acids is 1. The van der Waals surface area contributed by atoms with Crippen molar-refractivity contribution in [2.45, 2.75) is 47.6 Å². The smallest absolute Gasteiger partial charge is 0.287 e. The summed E-state index contributed by atoms with van der Waals surface area (Å²) in [6.07, 6.45) is 0.355. The first kappa shape index (κ1) is 20.5. The van der Waals surface area contributed by atoms with Crippen LogP contribution in [0.2, 0.25) is 0 Å². The summed E-state index contributed by atoms with van der Waals surface area (Å²) in [5.41, 5.74) is 4.90. The number of nitrogens with zero attached hydrogens (tertiary/aromatic N) is 1. The lowest BCUT2D eigenvalue weighted by Crippen LogP contribution is -2.37. The van der Waals surface area contributed by atoms with Gasteiger partial charge in [-0.15, -0.1) is 0 Å². The molecule has 0 saturated heterocycles. The van der Waals surface area contributed by atoms with Crippen molar-refractivity contribution >= 4 is 5.78 Å². The van der Waals surface area contributed by atoms with Gasteiger partial charge in [-0.1, -0.05) is 53.4 Å². The number of aromatic nitrogens is 2. The maximum atomic E-state index is 13.5. The molecule has 0 atom stereocenters. The van der Waals surface area contributed by atoms with Gasteiger partial charge in [-0.2, -0.15) is 0 Å². The number of nitrogens with one attached hydrogen (secondary N) is 1. The van der Waals surface area contributed by atoms with Gasteiger partial charge in [0, 0.05) is 11.1 Å². The average Bonchev–Trinajstić information content (AvgIpc) is 2.61. The zero-order valence-electron chi connectivity index (χ0n) is 17.6. The molecule has 3 aromatic rings. The van der Waals surface area contributed by atoms with Crippen LogP contribution in [0.5, 0.6) is 0 Å². The Labute approximate surface area is 170 Å². The van der Waals surface area contributed by atoms with E-state index in [1.807, 2.05) is 52.8 Å². The number of aryl methyl sites for hydroxylation is 4. The van der Waals surface area contributed by atoms with Crippen LogP contribution in [0.25, 0.3) is 0 Å². The van der Waals surface area contributed by atoms with Crippen molar-refractivity contribution in [1.29, 1.82) is 0 Å². The summed E-state index contributed by atoms with van der Waals surface area (Å²) in [5.74, 6) is -0.304. The number of aromatic amines is 1. The molecule has 0 spiro atoms. The zero-order chi connectivity index (χ0) is 21.3. The molecule has 2 aromatic carbocycles. The largest absolute Gasteiger partial charge is 0.329 e. The Kier molecular flexibility index (Phi) is 5.69. The maximum Gasteiger partial charge on any atom is 0.329 e. The predicted octanol–water partition coefficient (Wildman–Crippen LogP) is 3.61. The molecule has 0 bridgehead atoms. The van der Waals surface area contributed by atoms with E-state index in [0.717, 1.165) is 27.8 Å². The number of hydrogen-bond donors (Lipinski definition) is 1. The van der Waals surface area contributed by atoms with Crippen molar-refractivity contribution in [2.75, 3.05) is 0 Å². The lowest BCUT2D eigenvalue weighted by molar-refractivity contribution is 0.102. The molecule has 0 unspecified atom stereocenters. The Bertz CT molecular complexity index is 1180. The Morgan fingerprint density at radius 3 is 1.90 bits per heavy atom. The van der Waals surface area contributed by atoms with Crippen LogP contribution in [-0.4, -0.2) is 15.3 Å². The van der Waals surface area contributed by atoms with Crippen molar-refractivity contribution in [3.63, 3.8) is 0 Å². The highest BCUT2D eigenvalue weighted by Gasteiger charge is 2.22. The van der Waals surface area contributed by atoms with Crippen molar-refractivity contribution in [1.82, 2.24) is 9.55 Å². The number of benzene rings is 2. The lowest BCUT2D eigenvalue weighted by Gasteiger charge is -2.16. The highest BCUT2D eigenvalue weighted by molar-refractivity contribution is 6.09. The molecule has 0 aliphatic carbocycles. The van der Waals surface area contributed by atoms with Gasteiger partial charge in [0.05, 0.1) is 6.54 Å². The van der Waals surface area contributed by atoms with E-state index in [4.69, 9.17) is 0 Å². The Morgan fingerprint density at radius 2 is 1.38 bits per heavy atom. The van der Waals surface area contributed by atoms with E-state index in [9.17, 15) is 14.4 Å². The lowest BCUT2D eigenvalue weighted by atomic mass is 9.98. The van der Waals surface area contributed by atoms with Gasteiger partial charge in [0.25, 0.3) is 5.56 Å². The van der Waals surface area contributed by atoms with E-state index >= 15 is 0 Å². The van der Waals surface area contributed by atoms with E-state index < -0.39 is 11.2 Å². The van der Waals surface area contributed by atoms with Crippen molar-refractivity contribution in [3.8, 4) is 0 Å². The van der Waals surface area contributed by atoms with E-state index in [1.54, 1.807) is 12.1 Å². The number of hydrogen-bond acceptors (Lipinski definition) is 3. The number of ketones is 1. The standard InChI is InChI=1S/C24H26N2O3/c1-6-20-21(22(27)19-11-16(4)8-17(5)12-19)26(24(29)25-23(20)28)13-18-9-14(2)7-15(3)10-18/h7-12H,6,13H2,1-5H3,(H,25,28,29). The summed E-state index contributed by atoms with van der Waals surface area (Å²) < 4.78 is 1.40. The van der Waals surface area contributed by atoms with Crippen LogP contribution in [0.1, 0.15) is 56.4 Å². The predicted molar refractivity (Wildman–Crippen MR) is 115 cm³/mol. The first-order valence-corrected chi connectivity index (χ1v) is 9.75. The maximum absolute atomic E-state index is 13.5. The van der Waals surface area contributed by atoms with Gasteiger partial charge >= 0.3 is 5.69 Å². The summed E-state index contributed by atoms with van der Waals surface area (Å²) in [7, 11) is 0. The monoisotopic (exact) mass is 390 g/mol. The van der Waals surface area contributed by atoms with Crippen molar-refractivity contribution in [3.05, 3.63) is 102 Å². The Morgan fingerprint density at radius 1 is 0.862 bits per heavy atom. The fourth-order valence-electron chi connectivity index (χ4n) is 3.94. The first-order chi connectivity index (χ1) is 13.7. The third kappa shape index (κ3) is 4.29. The van der Waals surface area contributed by atoms with E-state index in [-0.39, 0.29) is 18.0 Å². The zero-order valence-corrected chi connectivity index (χ0v) is 17.6. The first-order valence-electron chi connectivity index (χ1n) is 9.75. The molecule has 29 heavy (non-hydrogen) atoms. The third-order valence-corrected chi connectivity index (χ3v) is 4.97. The van der Waals surface area contributed by atoms with Gasteiger partial charge in [0.15, 0.2) is 0 Å². The van der Waals surface area contributed by atoms with Gasteiger partial charge < -0.3 is 0 Å². The Balaban J connectivity index is 2.25. The molecule has 1 aromatic heterocycles. The van der Waals surface area contributed by atoms with Crippen LogP contribution in [0.3, 0.4) is 0 Å². The second-order valence-corrected chi connectivity index (χ2v) is 7.73. The molecule has 0 aliphatic rings. The van der Waals surface area contributed by atoms with E-state index in [1.165, 1.54) is 4.57 Å². The van der Waals surface area contributed by atoms with Gasteiger partial charge in [-0.25, -0.2) is 4.79 Å². The van der Waals surface area contributed by atoms with Gasteiger partial charge in [-0.3, -0.25) is 19.1 Å². The van der Waals surface area contributed by atoms with Crippen LogP contribution in [0.15, 0.2) is 46.0 Å². The molecule has 1 heterocycles. The minimum Gasteiger partial charge on any atom is -0.287 e. The number of rotatable bonds is 5. The van der Waals surface area contributed by atoms with E-state index in [0.29, 0.717) is 17.5 Å². The molecule has 3 rings (SSSR count). The molecule has 0 radical (unpaired) electrons. The molecule has 5 heteroatoms. The van der Waals surface area contributed by atoms with Crippen molar-refractivity contribution < 1.29 is 4.79 Å². The summed E-state index contributed by atoms with van der Waals surface area (Å²) in [6, 6.07) is 11.6. The molecule has 0 aliphatic heterocycles. The highest BCUT2D eigenvalue weighted by Crippen LogP contribution is 2.17. The number of carbonyl (C=O) groups is 1. The summed E-state index contributed by atoms with van der Waals surface area (Å²) >= 11 is 0. The summed E-state index contributed by atoms with van der Waals surface area (Å²) in [4.78, 5) is 41.0. The molecule has 150 valence electrons. The molecule has 0 fully saturated rings. The SMILES string of the molecule is CCc1c(C(=O)c2cc(C)cc(C)c2)n(Cc2cc(C)cc(C)c2)c(=O)[nH]c1=O. The van der Waals surface area contributed by atoms with Crippen LogP contribution >= 0.6 is 0 Å². The minimum atomic E-state index is -0.570. The van der Waals surface area contributed by atoms with Crippen molar-refractivity contribution in [2.24, 2.45) is 0 Å². The van der Waals surface area contributed by atoms with Gasteiger partial charge in [-0.05, 0) is 51.8 Å². The minimum absolute atomic E-state index is 0.172. The second-order valence-electron chi connectivity index (χ2n) is 7.73. The van der Waals surface area contributed by atoms with Crippen LogP contribution < -0.4 is 11.2 Å². The summed E-state index contributed by atoms with van der Waals surface area (Å²) in [6.45, 7) is 9.86. The fraction of sp³-hybridized carbons (Fsp3) is 0.292. The molecule has 1 N–H and O–H groups in total. The summed E-state index contributed by atoms with van der Waals surface area (Å²) in [5, 5.41) is 0. The third-order valence-electron chi connectivity index (χ3n) is 4.97. The average molecular weight is 390 g/mol. The quantitative estimate of drug-likeness (QED) is 0.677. The van der Waals surface area contributed by atoms with E-state index in [2.05, 4.69) is 11.1 Å². The van der Waals surface area contributed by atoms with Crippen LogP contribution in [0, 0.1) is 27.7 Å². The number of H-pyrrole nitrogens is 1. The molecule has 0 amide bonds. The van der Waals surface area contributed by atoms with Crippen LogP contribution in [-0.2, 0) is 13.0 Å². The molecule has 0 saturated carbocycles. The fourth-order valence-corrected chi connectivity index (χ4v) is 3.94. The van der Waals surface area contributed by atoms with Gasteiger partial charge in [0.2, 0.25) is 5.78 Å². The topological polar surface area (TPSA) is 71.9 Å². The Hall–Kier alpha value is -3.21. The molecule has 5 nitrogen and oxygen atoms in total.